The third-order valence-corrected chi connectivity index (χ3v) is 7.28. The Morgan fingerprint density at radius 2 is 1.75 bits per heavy atom. The van der Waals surface area contributed by atoms with Crippen LogP contribution in [0.3, 0.4) is 0 Å². The lowest BCUT2D eigenvalue weighted by atomic mass is 9.88. The molecule has 188 valence electrons. The lowest BCUT2D eigenvalue weighted by molar-refractivity contribution is -0.138. The van der Waals surface area contributed by atoms with Gasteiger partial charge in [-0.15, -0.1) is 0 Å². The number of likely N-dealkylation sites (tertiary alicyclic amines) is 2. The first-order valence-electron chi connectivity index (χ1n) is 12.7. The molecule has 0 unspecified atom stereocenters. The van der Waals surface area contributed by atoms with Crippen molar-refractivity contribution in [2.45, 2.75) is 32.2 Å². The number of pyridine rings is 1. The number of fused-ring (bicyclic) bond motifs is 1. The third kappa shape index (κ3) is 5.46. The van der Waals surface area contributed by atoms with E-state index < -0.39 is 0 Å². The van der Waals surface area contributed by atoms with E-state index in [9.17, 15) is 4.79 Å². The SMILES string of the molecule is CON=C(c1cnc2ccccc2n1)C1CCN(C(=O)C2CCN(Cc3ccnc(N)c3)CC2)CC1. The molecule has 0 saturated carbocycles. The number of carbonyl (C=O) groups excluding carboxylic acids is 1. The molecule has 9 nitrogen and oxygen atoms in total. The van der Waals surface area contributed by atoms with Crippen LogP contribution in [0.2, 0.25) is 0 Å². The zero-order valence-electron chi connectivity index (χ0n) is 20.7. The molecule has 0 spiro atoms. The van der Waals surface area contributed by atoms with E-state index in [0.29, 0.717) is 5.82 Å². The minimum Gasteiger partial charge on any atom is -0.399 e. The first-order chi connectivity index (χ1) is 17.6. The van der Waals surface area contributed by atoms with Gasteiger partial charge in [0.25, 0.3) is 0 Å². The standard InChI is InChI=1S/C27H33N7O2/c1-36-32-26(24-17-30-22-4-2-3-5-23(22)31-24)20-9-14-34(15-10-20)27(35)21-7-12-33(13-8-21)18-19-6-11-29-25(28)16-19/h2-6,11,16-17,20-21H,7-10,12-15,18H2,1H3,(H2,28,29). The summed E-state index contributed by atoms with van der Waals surface area (Å²) >= 11 is 0. The Balaban J connectivity index is 1.15. The van der Waals surface area contributed by atoms with Gasteiger partial charge < -0.3 is 15.5 Å². The predicted molar refractivity (Wildman–Crippen MR) is 139 cm³/mol. The van der Waals surface area contributed by atoms with Crippen molar-refractivity contribution in [3.63, 3.8) is 0 Å². The van der Waals surface area contributed by atoms with Crippen LogP contribution in [0.15, 0.2) is 53.9 Å². The molecule has 2 aliphatic heterocycles. The summed E-state index contributed by atoms with van der Waals surface area (Å²) in [4.78, 5) is 36.3. The largest absolute Gasteiger partial charge is 0.399 e. The van der Waals surface area contributed by atoms with Crippen LogP contribution < -0.4 is 5.73 Å². The molecule has 0 bridgehead atoms. The molecule has 9 heteroatoms. The molecule has 4 heterocycles. The normalized spacial score (nSPS) is 18.5. The number of benzene rings is 1. The molecule has 2 N–H and O–H groups in total. The lowest BCUT2D eigenvalue weighted by Gasteiger charge is -2.37. The van der Waals surface area contributed by atoms with E-state index in [2.05, 4.69) is 20.0 Å². The summed E-state index contributed by atoms with van der Waals surface area (Å²) in [6.07, 6.45) is 6.98. The Labute approximate surface area is 211 Å². The number of nitrogens with two attached hydrogens (primary N) is 1. The van der Waals surface area contributed by atoms with E-state index in [1.54, 1.807) is 19.5 Å². The molecule has 2 aliphatic rings. The molecule has 5 rings (SSSR count). The van der Waals surface area contributed by atoms with Crippen LogP contribution in [0.25, 0.3) is 11.0 Å². The second-order valence-corrected chi connectivity index (χ2v) is 9.64. The number of rotatable bonds is 6. The van der Waals surface area contributed by atoms with E-state index in [-0.39, 0.29) is 17.7 Å². The second kappa shape index (κ2) is 11.0. The average Bonchev–Trinajstić information content (AvgIpc) is 2.92. The van der Waals surface area contributed by atoms with Crippen LogP contribution in [0.1, 0.15) is 36.9 Å². The smallest absolute Gasteiger partial charge is 0.225 e. The van der Waals surface area contributed by atoms with Gasteiger partial charge in [-0.25, -0.2) is 9.97 Å². The molecule has 1 aromatic carbocycles. The highest BCUT2D eigenvalue weighted by molar-refractivity contribution is 6.01. The van der Waals surface area contributed by atoms with Gasteiger partial charge >= 0.3 is 0 Å². The number of anilines is 1. The van der Waals surface area contributed by atoms with Crippen molar-refractivity contribution in [2.75, 3.05) is 39.0 Å². The van der Waals surface area contributed by atoms with Crippen LogP contribution in [0.5, 0.6) is 0 Å². The Bertz CT molecular complexity index is 1230. The van der Waals surface area contributed by atoms with Crippen molar-refractivity contribution < 1.29 is 9.63 Å². The fraction of sp³-hybridized carbons (Fsp3) is 0.444. The number of nitrogens with zero attached hydrogens (tertiary/aromatic N) is 6. The monoisotopic (exact) mass is 487 g/mol. The molecule has 3 aromatic rings. The highest BCUT2D eigenvalue weighted by atomic mass is 16.6. The minimum atomic E-state index is 0.0961. The van der Waals surface area contributed by atoms with Crippen molar-refractivity contribution >= 4 is 28.5 Å². The number of nitrogen functional groups attached to an aromatic ring is 1. The number of aromatic nitrogens is 3. The highest BCUT2D eigenvalue weighted by Gasteiger charge is 2.33. The quantitative estimate of drug-likeness (QED) is 0.420. The van der Waals surface area contributed by atoms with E-state index >= 15 is 0 Å². The van der Waals surface area contributed by atoms with Crippen molar-refractivity contribution in [1.29, 1.82) is 0 Å². The zero-order chi connectivity index (χ0) is 24.9. The number of amides is 1. The van der Waals surface area contributed by atoms with Crippen molar-refractivity contribution in [2.24, 2.45) is 17.0 Å². The van der Waals surface area contributed by atoms with Gasteiger partial charge in [0.2, 0.25) is 5.91 Å². The molecule has 0 radical (unpaired) electrons. The average molecular weight is 488 g/mol. The Morgan fingerprint density at radius 1 is 1.03 bits per heavy atom. The second-order valence-electron chi connectivity index (χ2n) is 9.64. The van der Waals surface area contributed by atoms with Gasteiger partial charge in [0.05, 0.1) is 17.2 Å². The van der Waals surface area contributed by atoms with Crippen molar-refractivity contribution in [1.82, 2.24) is 24.8 Å². The molecular formula is C27H33N7O2. The van der Waals surface area contributed by atoms with Gasteiger partial charge in [-0.3, -0.25) is 14.7 Å². The number of piperidine rings is 2. The van der Waals surface area contributed by atoms with Gasteiger partial charge in [0, 0.05) is 37.7 Å². The molecule has 2 aromatic heterocycles. The van der Waals surface area contributed by atoms with Gasteiger partial charge in [0.1, 0.15) is 24.3 Å². The summed E-state index contributed by atoms with van der Waals surface area (Å²) in [5.74, 6) is 1.11. The Hall–Kier alpha value is -3.59. The predicted octanol–water partition coefficient (Wildman–Crippen LogP) is 3.11. The maximum Gasteiger partial charge on any atom is 0.225 e. The lowest BCUT2D eigenvalue weighted by Crippen LogP contribution is -2.46. The highest BCUT2D eigenvalue weighted by Crippen LogP contribution is 2.27. The van der Waals surface area contributed by atoms with E-state index in [1.807, 2.05) is 41.3 Å². The molecule has 2 fully saturated rings. The third-order valence-electron chi connectivity index (χ3n) is 7.28. The first kappa shape index (κ1) is 24.1. The summed E-state index contributed by atoms with van der Waals surface area (Å²) in [6, 6.07) is 11.7. The van der Waals surface area contributed by atoms with E-state index in [1.165, 1.54) is 5.56 Å². The summed E-state index contributed by atoms with van der Waals surface area (Å²) in [7, 11) is 1.56. The molecule has 36 heavy (non-hydrogen) atoms. The van der Waals surface area contributed by atoms with Crippen LogP contribution in [0, 0.1) is 11.8 Å². The van der Waals surface area contributed by atoms with Gasteiger partial charge in [-0.05, 0) is 68.6 Å². The summed E-state index contributed by atoms with van der Waals surface area (Å²) in [6.45, 7) is 4.13. The van der Waals surface area contributed by atoms with E-state index in [0.717, 1.165) is 80.8 Å². The number of para-hydroxylation sites is 2. The minimum absolute atomic E-state index is 0.0961. The zero-order valence-corrected chi connectivity index (χ0v) is 20.7. The number of oxime groups is 1. The number of carbonyl (C=O) groups is 1. The van der Waals surface area contributed by atoms with Crippen LogP contribution in [-0.4, -0.2) is 69.7 Å². The topological polar surface area (TPSA) is 110 Å². The van der Waals surface area contributed by atoms with Crippen LogP contribution in [0.4, 0.5) is 5.82 Å². The fourth-order valence-corrected chi connectivity index (χ4v) is 5.33. The fourth-order valence-electron chi connectivity index (χ4n) is 5.33. The first-order valence-corrected chi connectivity index (χ1v) is 12.7. The van der Waals surface area contributed by atoms with Gasteiger partial charge in [0.15, 0.2) is 0 Å². The van der Waals surface area contributed by atoms with Crippen molar-refractivity contribution in [3.05, 3.63) is 60.0 Å². The molecule has 2 saturated heterocycles. The Kier molecular flexibility index (Phi) is 7.36. The van der Waals surface area contributed by atoms with Gasteiger partial charge in [-0.2, -0.15) is 0 Å². The maximum atomic E-state index is 13.3. The van der Waals surface area contributed by atoms with E-state index in [4.69, 9.17) is 15.6 Å². The molecule has 0 aliphatic carbocycles. The Morgan fingerprint density at radius 3 is 2.47 bits per heavy atom. The summed E-state index contributed by atoms with van der Waals surface area (Å²) in [5.41, 5.74) is 10.2. The van der Waals surface area contributed by atoms with Crippen LogP contribution in [-0.2, 0) is 16.2 Å². The molecule has 1 amide bonds. The summed E-state index contributed by atoms with van der Waals surface area (Å²) < 4.78 is 0. The maximum absolute atomic E-state index is 13.3. The van der Waals surface area contributed by atoms with Crippen LogP contribution >= 0.6 is 0 Å². The van der Waals surface area contributed by atoms with Gasteiger partial charge in [-0.1, -0.05) is 17.3 Å². The number of hydrogen-bond donors (Lipinski definition) is 1. The molecular weight excluding hydrogens is 454 g/mol. The van der Waals surface area contributed by atoms with Crippen molar-refractivity contribution in [3.8, 4) is 0 Å². The number of hydrogen-bond acceptors (Lipinski definition) is 8. The molecule has 0 atom stereocenters. The summed E-state index contributed by atoms with van der Waals surface area (Å²) in [5, 5.41) is 4.33.